The van der Waals surface area contributed by atoms with Crippen molar-refractivity contribution >= 4 is 28.2 Å². The van der Waals surface area contributed by atoms with Crippen molar-refractivity contribution in [3.8, 4) is 0 Å². The van der Waals surface area contributed by atoms with Crippen molar-refractivity contribution < 1.29 is 14.0 Å². The minimum Gasteiger partial charge on any atom is -0.294 e. The molecule has 144 valence electrons. The number of hydrogen-bond acceptors (Lipinski definition) is 2. The van der Waals surface area contributed by atoms with Gasteiger partial charge in [0, 0.05) is 35.7 Å². The Bertz CT molecular complexity index is 1160. The van der Waals surface area contributed by atoms with Crippen LogP contribution in [0.3, 0.4) is 0 Å². The summed E-state index contributed by atoms with van der Waals surface area (Å²) in [5, 5.41) is 2.18. The summed E-state index contributed by atoms with van der Waals surface area (Å²) in [6, 6.07) is 20.1. The maximum atomic E-state index is 13.4. The molecule has 0 bridgehead atoms. The summed E-state index contributed by atoms with van der Waals surface area (Å²) in [5.74, 6) is -0.527. The van der Waals surface area contributed by atoms with Crippen molar-refractivity contribution in [3.05, 3.63) is 89.4 Å². The molecule has 29 heavy (non-hydrogen) atoms. The summed E-state index contributed by atoms with van der Waals surface area (Å²) in [6.07, 6.45) is 2.14. The van der Waals surface area contributed by atoms with Crippen molar-refractivity contribution in [2.75, 3.05) is 4.90 Å². The molecular weight excluding hydrogens is 365 g/mol. The fourth-order valence-electron chi connectivity index (χ4n) is 4.70. The predicted molar refractivity (Wildman–Crippen MR) is 111 cm³/mol. The zero-order valence-corrected chi connectivity index (χ0v) is 15.9. The molecule has 1 atom stereocenters. The number of hydrogen-bond donors (Lipinski definition) is 0. The molecule has 3 aromatic carbocycles. The summed E-state index contributed by atoms with van der Waals surface area (Å²) < 4.78 is 13.4. The third-order valence-corrected chi connectivity index (χ3v) is 5.96. The monoisotopic (exact) mass is 385 g/mol. The molecule has 0 saturated heterocycles. The van der Waals surface area contributed by atoms with Crippen LogP contribution in [0.2, 0.25) is 0 Å². The first-order valence-electron chi connectivity index (χ1n) is 9.96. The molecule has 1 heterocycles. The Morgan fingerprint density at radius 3 is 2.45 bits per heavy atom. The van der Waals surface area contributed by atoms with Gasteiger partial charge in [0.25, 0.3) is 0 Å². The van der Waals surface area contributed by atoms with E-state index in [0.29, 0.717) is 18.5 Å². The number of Topliss-reactive ketones (excluding diaryl/α,β-unsaturated/α-hetero) is 1. The molecule has 2 aliphatic rings. The van der Waals surface area contributed by atoms with Crippen LogP contribution in [-0.2, 0) is 9.59 Å². The third-order valence-electron chi connectivity index (χ3n) is 5.96. The molecule has 3 aromatic rings. The average molecular weight is 385 g/mol. The minimum absolute atomic E-state index is 0.0528. The Morgan fingerprint density at radius 2 is 1.62 bits per heavy atom. The van der Waals surface area contributed by atoms with Gasteiger partial charge < -0.3 is 0 Å². The van der Waals surface area contributed by atoms with Gasteiger partial charge in [0.1, 0.15) is 5.82 Å². The number of carbonyl (C=O) groups excluding carboxylic acids is 2. The topological polar surface area (TPSA) is 37.4 Å². The summed E-state index contributed by atoms with van der Waals surface area (Å²) in [6.45, 7) is 0. The molecule has 0 aromatic heterocycles. The Labute approximate surface area is 168 Å². The van der Waals surface area contributed by atoms with E-state index in [9.17, 15) is 14.0 Å². The molecule has 0 fully saturated rings. The first-order valence-corrected chi connectivity index (χ1v) is 9.96. The van der Waals surface area contributed by atoms with Crippen LogP contribution < -0.4 is 4.90 Å². The number of nitrogens with zero attached hydrogens (tertiary/aromatic N) is 1. The lowest BCUT2D eigenvalue weighted by molar-refractivity contribution is -0.119. The normalized spacial score (nSPS) is 19.6. The molecule has 4 heteroatoms. The second kappa shape index (κ2) is 6.96. The Hall–Kier alpha value is -3.27. The number of allylic oxidation sites excluding steroid dienone is 2. The van der Waals surface area contributed by atoms with Gasteiger partial charge in [-0.2, -0.15) is 0 Å². The number of halogens is 1. The maximum absolute atomic E-state index is 13.4. The van der Waals surface area contributed by atoms with E-state index in [1.807, 2.05) is 36.4 Å². The molecule has 5 rings (SSSR count). The highest BCUT2D eigenvalue weighted by atomic mass is 19.1. The number of carbonyl (C=O) groups is 2. The highest BCUT2D eigenvalue weighted by Gasteiger charge is 2.40. The third kappa shape index (κ3) is 2.96. The number of benzene rings is 3. The van der Waals surface area contributed by atoms with Gasteiger partial charge in [-0.25, -0.2) is 4.39 Å². The van der Waals surface area contributed by atoms with E-state index < -0.39 is 0 Å². The number of anilines is 1. The van der Waals surface area contributed by atoms with Gasteiger partial charge in [-0.1, -0.05) is 42.5 Å². The standard InChI is InChI=1S/C25H20FNO2/c26-17-11-13-18(14-12-17)27-22-9-4-10-23(28)25(22)21(15-24(27)29)20-8-3-6-16-5-1-2-7-19(16)20/h1-3,5-8,11-14,21H,4,9-10,15H2. The van der Waals surface area contributed by atoms with E-state index in [1.54, 1.807) is 17.0 Å². The molecule has 1 aliphatic heterocycles. The van der Waals surface area contributed by atoms with E-state index >= 15 is 0 Å². The van der Waals surface area contributed by atoms with Crippen LogP contribution in [0.5, 0.6) is 0 Å². The smallest absolute Gasteiger partial charge is 0.232 e. The molecule has 3 nitrogen and oxygen atoms in total. The van der Waals surface area contributed by atoms with Crippen LogP contribution in [0, 0.1) is 5.82 Å². The molecule has 0 radical (unpaired) electrons. The van der Waals surface area contributed by atoms with Gasteiger partial charge in [-0.05, 0) is 53.4 Å². The summed E-state index contributed by atoms with van der Waals surface area (Å²) in [5.41, 5.74) is 3.17. The molecular formula is C25H20FNO2. The Balaban J connectivity index is 1.70. The predicted octanol–water partition coefficient (Wildman–Crippen LogP) is 5.51. The van der Waals surface area contributed by atoms with Gasteiger partial charge in [0.2, 0.25) is 5.91 Å². The lowest BCUT2D eigenvalue weighted by atomic mass is 9.76. The van der Waals surface area contributed by atoms with Crippen molar-refractivity contribution in [1.82, 2.24) is 0 Å². The van der Waals surface area contributed by atoms with Crippen LogP contribution in [0.4, 0.5) is 10.1 Å². The summed E-state index contributed by atoms with van der Waals surface area (Å²) in [7, 11) is 0. The first kappa shape index (κ1) is 17.8. The molecule has 0 N–H and O–H groups in total. The zero-order chi connectivity index (χ0) is 20.0. The molecule has 1 amide bonds. The molecule has 0 saturated carbocycles. The highest BCUT2D eigenvalue weighted by molar-refractivity contribution is 6.08. The van der Waals surface area contributed by atoms with Gasteiger partial charge >= 0.3 is 0 Å². The van der Waals surface area contributed by atoms with E-state index in [-0.39, 0.29) is 29.8 Å². The van der Waals surface area contributed by atoms with Crippen molar-refractivity contribution in [2.45, 2.75) is 31.6 Å². The zero-order valence-electron chi connectivity index (χ0n) is 15.9. The lowest BCUT2D eigenvalue weighted by Gasteiger charge is -2.38. The average Bonchev–Trinajstić information content (AvgIpc) is 2.74. The van der Waals surface area contributed by atoms with E-state index in [0.717, 1.165) is 34.0 Å². The number of fused-ring (bicyclic) bond motifs is 1. The second-order valence-corrected chi connectivity index (χ2v) is 7.67. The van der Waals surface area contributed by atoms with E-state index in [2.05, 4.69) is 6.07 Å². The lowest BCUT2D eigenvalue weighted by Crippen LogP contribution is -2.40. The Morgan fingerprint density at radius 1 is 0.862 bits per heavy atom. The van der Waals surface area contributed by atoms with Crippen molar-refractivity contribution in [3.63, 3.8) is 0 Å². The number of rotatable bonds is 2. The van der Waals surface area contributed by atoms with Crippen LogP contribution in [0.1, 0.15) is 37.2 Å². The Kier molecular flexibility index (Phi) is 4.27. The minimum atomic E-state index is -0.347. The summed E-state index contributed by atoms with van der Waals surface area (Å²) >= 11 is 0. The van der Waals surface area contributed by atoms with Gasteiger partial charge in [0.05, 0.1) is 0 Å². The van der Waals surface area contributed by atoms with Crippen LogP contribution in [0.25, 0.3) is 10.8 Å². The molecule has 0 spiro atoms. The number of ketones is 1. The van der Waals surface area contributed by atoms with Crippen LogP contribution >= 0.6 is 0 Å². The fraction of sp³-hybridized carbons (Fsp3) is 0.200. The van der Waals surface area contributed by atoms with Gasteiger partial charge in [-0.3, -0.25) is 14.5 Å². The van der Waals surface area contributed by atoms with Gasteiger partial charge in [0.15, 0.2) is 5.78 Å². The van der Waals surface area contributed by atoms with Crippen LogP contribution in [-0.4, -0.2) is 11.7 Å². The summed E-state index contributed by atoms with van der Waals surface area (Å²) in [4.78, 5) is 27.9. The maximum Gasteiger partial charge on any atom is 0.232 e. The van der Waals surface area contributed by atoms with Crippen molar-refractivity contribution in [2.24, 2.45) is 0 Å². The van der Waals surface area contributed by atoms with E-state index in [1.165, 1.54) is 12.1 Å². The first-order chi connectivity index (χ1) is 14.1. The van der Waals surface area contributed by atoms with Crippen molar-refractivity contribution in [1.29, 1.82) is 0 Å². The second-order valence-electron chi connectivity index (χ2n) is 7.67. The number of amides is 1. The van der Waals surface area contributed by atoms with E-state index in [4.69, 9.17) is 0 Å². The molecule has 1 aliphatic carbocycles. The van der Waals surface area contributed by atoms with Gasteiger partial charge in [-0.15, -0.1) is 0 Å². The highest BCUT2D eigenvalue weighted by Crippen LogP contribution is 2.44. The van der Waals surface area contributed by atoms with Crippen LogP contribution in [0.15, 0.2) is 78.0 Å². The molecule has 1 unspecified atom stereocenters. The SMILES string of the molecule is O=C1CCCC2=C1C(c1cccc3ccccc13)CC(=O)N2c1ccc(F)cc1. The fourth-order valence-corrected chi connectivity index (χ4v) is 4.70. The quantitative estimate of drug-likeness (QED) is 0.584. The largest absolute Gasteiger partial charge is 0.294 e.